The van der Waals surface area contributed by atoms with Crippen molar-refractivity contribution in [3.05, 3.63) is 35.2 Å². The van der Waals surface area contributed by atoms with Crippen LogP contribution in [0.15, 0.2) is 35.2 Å². The summed E-state index contributed by atoms with van der Waals surface area (Å²) in [5.41, 5.74) is 1.62. The summed E-state index contributed by atoms with van der Waals surface area (Å²) in [6.07, 6.45) is 1.71. The van der Waals surface area contributed by atoms with Gasteiger partial charge in [-0.2, -0.15) is 0 Å². The Balaban J connectivity index is 2.51. The third-order valence-corrected chi connectivity index (χ3v) is 2.31. The molecule has 0 saturated carbocycles. The highest BCUT2D eigenvalue weighted by atomic mass is 32.1. The van der Waals surface area contributed by atoms with E-state index in [9.17, 15) is 5.11 Å². The lowest BCUT2D eigenvalue weighted by molar-refractivity contribution is 0.479. The Hall–Kier alpha value is -1.35. The van der Waals surface area contributed by atoms with Crippen molar-refractivity contribution in [2.45, 2.75) is 0 Å². The van der Waals surface area contributed by atoms with Gasteiger partial charge in [-0.05, 0) is 12.1 Å². The van der Waals surface area contributed by atoms with E-state index < -0.39 is 0 Å². The quantitative estimate of drug-likeness (QED) is 0.726. The normalized spacial score (nSPS) is 10.0. The number of thiophene rings is 1. The minimum atomic E-state index is 0.304. The van der Waals surface area contributed by atoms with Crippen molar-refractivity contribution in [2.75, 3.05) is 0 Å². The number of hydrogen-bond donors (Lipinski definition) is 1. The van der Waals surface area contributed by atoms with Gasteiger partial charge in [0.25, 0.3) is 0 Å². The van der Waals surface area contributed by atoms with E-state index in [0.29, 0.717) is 5.75 Å². The highest BCUT2D eigenvalue weighted by Crippen LogP contribution is 2.30. The van der Waals surface area contributed by atoms with Crippen LogP contribution in [0.3, 0.4) is 0 Å². The number of nitrogens with zero attached hydrogens (tertiary/aromatic N) is 1. The lowest BCUT2D eigenvalue weighted by atomic mass is 10.2. The Labute approximate surface area is 74.1 Å². The second kappa shape index (κ2) is 2.95. The first-order chi connectivity index (χ1) is 5.88. The molecule has 0 amide bonds. The van der Waals surface area contributed by atoms with E-state index in [1.54, 1.807) is 11.6 Å². The fourth-order valence-corrected chi connectivity index (χ4v) is 1.71. The van der Waals surface area contributed by atoms with Crippen molar-refractivity contribution >= 4 is 11.3 Å². The molecule has 0 unspecified atom stereocenters. The van der Waals surface area contributed by atoms with Gasteiger partial charge in [0.2, 0.25) is 0 Å². The van der Waals surface area contributed by atoms with Gasteiger partial charge >= 0.3 is 0 Å². The molecule has 0 bridgehead atoms. The summed E-state index contributed by atoms with van der Waals surface area (Å²) < 4.78 is 0. The highest BCUT2D eigenvalue weighted by Gasteiger charge is 2.04. The van der Waals surface area contributed by atoms with Gasteiger partial charge in [-0.25, -0.2) is 0 Å². The van der Waals surface area contributed by atoms with Crippen molar-refractivity contribution < 1.29 is 5.11 Å². The number of aromatic hydroxyl groups is 1. The van der Waals surface area contributed by atoms with Gasteiger partial charge in [0.15, 0.2) is 0 Å². The van der Waals surface area contributed by atoms with Crippen LogP contribution >= 0.6 is 11.3 Å². The van der Waals surface area contributed by atoms with Crippen molar-refractivity contribution in [3.8, 4) is 17.0 Å². The Kier molecular flexibility index (Phi) is 1.80. The Morgan fingerprint density at radius 3 is 2.75 bits per heavy atom. The molecule has 0 atom stereocenters. The molecule has 2 aromatic rings. The Morgan fingerprint density at radius 1 is 1.25 bits per heavy atom. The standard InChI is InChI=1S/C9H7NOS/c11-9-6-12-5-7(9)8-3-1-2-4-10-8/h1-6,11H. The van der Waals surface area contributed by atoms with E-state index >= 15 is 0 Å². The van der Waals surface area contributed by atoms with E-state index in [1.807, 2.05) is 23.6 Å². The molecule has 2 heterocycles. The molecular formula is C9H7NOS. The first kappa shape index (κ1) is 7.31. The molecule has 0 aliphatic rings. The van der Waals surface area contributed by atoms with E-state index in [1.165, 1.54) is 11.3 Å². The van der Waals surface area contributed by atoms with E-state index in [0.717, 1.165) is 11.3 Å². The predicted molar refractivity (Wildman–Crippen MR) is 49.2 cm³/mol. The van der Waals surface area contributed by atoms with Crippen LogP contribution in [-0.2, 0) is 0 Å². The third-order valence-electron chi connectivity index (χ3n) is 1.58. The molecule has 0 aliphatic carbocycles. The minimum absolute atomic E-state index is 0.304. The summed E-state index contributed by atoms with van der Waals surface area (Å²) in [4.78, 5) is 4.13. The summed E-state index contributed by atoms with van der Waals surface area (Å²) in [5, 5.41) is 13.0. The van der Waals surface area contributed by atoms with Crippen LogP contribution in [0.5, 0.6) is 5.75 Å². The topological polar surface area (TPSA) is 33.1 Å². The third kappa shape index (κ3) is 1.19. The smallest absolute Gasteiger partial charge is 0.135 e. The molecule has 0 spiro atoms. The zero-order valence-electron chi connectivity index (χ0n) is 6.27. The SMILES string of the molecule is Oc1cscc1-c1ccccn1. The monoisotopic (exact) mass is 177 g/mol. The molecule has 0 fully saturated rings. The Bertz CT molecular complexity index is 369. The van der Waals surface area contributed by atoms with Crippen LogP contribution in [0.25, 0.3) is 11.3 Å². The van der Waals surface area contributed by atoms with E-state index in [4.69, 9.17) is 0 Å². The second-order valence-electron chi connectivity index (χ2n) is 2.39. The molecule has 60 valence electrons. The maximum Gasteiger partial charge on any atom is 0.135 e. The average Bonchev–Trinajstić information content (AvgIpc) is 2.53. The average molecular weight is 177 g/mol. The van der Waals surface area contributed by atoms with Crippen molar-refractivity contribution in [2.24, 2.45) is 0 Å². The van der Waals surface area contributed by atoms with Gasteiger partial charge in [0, 0.05) is 17.0 Å². The molecule has 0 aromatic carbocycles. The van der Waals surface area contributed by atoms with Gasteiger partial charge in [0.05, 0.1) is 11.3 Å². The maximum atomic E-state index is 9.37. The summed E-state index contributed by atoms with van der Waals surface area (Å²) in [5.74, 6) is 0.304. The molecule has 12 heavy (non-hydrogen) atoms. The fourth-order valence-electron chi connectivity index (χ4n) is 1.00. The zero-order valence-corrected chi connectivity index (χ0v) is 7.08. The van der Waals surface area contributed by atoms with Crippen molar-refractivity contribution in [3.63, 3.8) is 0 Å². The molecule has 1 N–H and O–H groups in total. The summed E-state index contributed by atoms with van der Waals surface area (Å²) in [6.45, 7) is 0. The van der Waals surface area contributed by atoms with Gasteiger partial charge in [-0.15, -0.1) is 11.3 Å². The minimum Gasteiger partial charge on any atom is -0.506 e. The van der Waals surface area contributed by atoms with Gasteiger partial charge in [-0.1, -0.05) is 6.07 Å². The number of pyridine rings is 1. The summed E-state index contributed by atoms with van der Waals surface area (Å²) >= 11 is 1.47. The van der Waals surface area contributed by atoms with E-state index in [2.05, 4.69) is 4.98 Å². The predicted octanol–water partition coefficient (Wildman–Crippen LogP) is 2.52. The molecule has 0 saturated heterocycles. The lowest BCUT2D eigenvalue weighted by Gasteiger charge is -1.95. The lowest BCUT2D eigenvalue weighted by Crippen LogP contribution is -1.77. The number of rotatable bonds is 1. The molecule has 2 aromatic heterocycles. The number of hydrogen-bond acceptors (Lipinski definition) is 3. The molecule has 2 nitrogen and oxygen atoms in total. The van der Waals surface area contributed by atoms with Crippen LogP contribution in [0.2, 0.25) is 0 Å². The first-order valence-electron chi connectivity index (χ1n) is 3.54. The van der Waals surface area contributed by atoms with E-state index in [-0.39, 0.29) is 0 Å². The summed E-state index contributed by atoms with van der Waals surface area (Å²) in [6, 6.07) is 5.63. The first-order valence-corrected chi connectivity index (χ1v) is 4.49. The summed E-state index contributed by atoms with van der Waals surface area (Å²) in [7, 11) is 0. The van der Waals surface area contributed by atoms with Crippen LogP contribution in [-0.4, -0.2) is 10.1 Å². The molecule has 2 rings (SSSR count). The number of aromatic nitrogens is 1. The Morgan fingerprint density at radius 2 is 2.17 bits per heavy atom. The fraction of sp³-hybridized carbons (Fsp3) is 0. The van der Waals surface area contributed by atoms with Crippen LogP contribution < -0.4 is 0 Å². The van der Waals surface area contributed by atoms with Crippen LogP contribution in [0, 0.1) is 0 Å². The van der Waals surface area contributed by atoms with Crippen LogP contribution in [0.1, 0.15) is 0 Å². The van der Waals surface area contributed by atoms with Gasteiger partial charge in [0.1, 0.15) is 5.75 Å². The second-order valence-corrected chi connectivity index (χ2v) is 3.13. The van der Waals surface area contributed by atoms with Gasteiger partial charge < -0.3 is 5.11 Å². The maximum absolute atomic E-state index is 9.37. The van der Waals surface area contributed by atoms with Crippen molar-refractivity contribution in [1.29, 1.82) is 0 Å². The largest absolute Gasteiger partial charge is 0.506 e. The van der Waals surface area contributed by atoms with Gasteiger partial charge in [-0.3, -0.25) is 4.98 Å². The molecule has 0 aliphatic heterocycles. The molecule has 3 heteroatoms. The van der Waals surface area contributed by atoms with Crippen molar-refractivity contribution in [1.82, 2.24) is 4.98 Å². The molecular weight excluding hydrogens is 170 g/mol. The highest BCUT2D eigenvalue weighted by molar-refractivity contribution is 7.08. The molecule has 0 radical (unpaired) electrons. The zero-order chi connectivity index (χ0) is 8.39. The van der Waals surface area contributed by atoms with Crippen LogP contribution in [0.4, 0.5) is 0 Å².